The number of halogens is 3. The molecule has 0 aliphatic rings. The molecule has 21 heavy (non-hydrogen) atoms. The van der Waals surface area contributed by atoms with Crippen LogP contribution in [0.5, 0.6) is 0 Å². The van der Waals surface area contributed by atoms with E-state index in [1.165, 1.54) is 4.68 Å². The van der Waals surface area contributed by atoms with Gasteiger partial charge in [-0.1, -0.05) is 46.1 Å². The summed E-state index contributed by atoms with van der Waals surface area (Å²) in [7, 11) is 1.66. The van der Waals surface area contributed by atoms with Crippen LogP contribution in [-0.4, -0.2) is 15.7 Å². The van der Waals surface area contributed by atoms with E-state index in [2.05, 4.69) is 26.3 Å². The van der Waals surface area contributed by atoms with Crippen LogP contribution in [0.3, 0.4) is 0 Å². The van der Waals surface area contributed by atoms with Crippen molar-refractivity contribution in [2.45, 2.75) is 13.3 Å². The van der Waals surface area contributed by atoms with E-state index in [9.17, 15) is 4.79 Å². The van der Waals surface area contributed by atoms with Crippen LogP contribution in [0.25, 0.3) is 0 Å². The summed E-state index contributed by atoms with van der Waals surface area (Å²) in [6.07, 6.45) is 0.646. The second-order valence-electron chi connectivity index (χ2n) is 4.38. The maximum atomic E-state index is 12.4. The van der Waals surface area contributed by atoms with Gasteiger partial charge in [-0.05, 0) is 18.6 Å². The van der Waals surface area contributed by atoms with Crippen LogP contribution in [0.4, 0.5) is 11.4 Å². The van der Waals surface area contributed by atoms with Gasteiger partial charge in [0.05, 0.1) is 27.1 Å². The standard InChI is InChI=1S/C13H13BrCl2N4O/c1-3-9-10(17)12(20(2)19-9)13(21)18-11-7(15)4-6(14)5-8(11)16/h4-5H,3,17H2,1-2H3,(H,18,21). The minimum absolute atomic E-state index is 0.280. The van der Waals surface area contributed by atoms with Crippen molar-refractivity contribution in [3.63, 3.8) is 0 Å². The van der Waals surface area contributed by atoms with E-state index in [4.69, 9.17) is 28.9 Å². The molecule has 112 valence electrons. The fourth-order valence-electron chi connectivity index (χ4n) is 1.96. The molecule has 0 aliphatic heterocycles. The van der Waals surface area contributed by atoms with E-state index in [1.54, 1.807) is 19.2 Å². The van der Waals surface area contributed by atoms with Crippen molar-refractivity contribution in [1.82, 2.24) is 9.78 Å². The summed E-state index contributed by atoms with van der Waals surface area (Å²) >= 11 is 15.5. The van der Waals surface area contributed by atoms with E-state index in [0.29, 0.717) is 33.5 Å². The molecule has 1 aromatic heterocycles. The molecule has 1 amide bonds. The molecule has 0 spiro atoms. The number of aromatic nitrogens is 2. The zero-order chi connectivity index (χ0) is 15.7. The van der Waals surface area contributed by atoms with E-state index >= 15 is 0 Å². The number of hydrogen-bond donors (Lipinski definition) is 2. The van der Waals surface area contributed by atoms with Gasteiger partial charge in [-0.25, -0.2) is 0 Å². The lowest BCUT2D eigenvalue weighted by Crippen LogP contribution is -2.18. The molecular formula is C13H13BrCl2N4O. The zero-order valence-electron chi connectivity index (χ0n) is 11.4. The number of nitrogens with one attached hydrogen (secondary N) is 1. The number of aryl methyl sites for hydroxylation is 2. The molecule has 0 aliphatic carbocycles. The average molecular weight is 392 g/mol. The Morgan fingerprint density at radius 1 is 1.43 bits per heavy atom. The SMILES string of the molecule is CCc1nn(C)c(C(=O)Nc2c(Cl)cc(Br)cc2Cl)c1N. The Labute approximate surface area is 140 Å². The summed E-state index contributed by atoms with van der Waals surface area (Å²) in [5.74, 6) is -0.409. The molecule has 3 N–H and O–H groups in total. The molecule has 1 aromatic carbocycles. The number of nitrogens with zero attached hydrogens (tertiary/aromatic N) is 2. The van der Waals surface area contributed by atoms with Crippen LogP contribution in [0.1, 0.15) is 23.1 Å². The highest BCUT2D eigenvalue weighted by Gasteiger charge is 2.21. The van der Waals surface area contributed by atoms with E-state index in [0.717, 1.165) is 4.47 Å². The first kappa shape index (κ1) is 16.1. The first-order chi connectivity index (χ1) is 9.85. The first-order valence-corrected chi connectivity index (χ1v) is 7.67. The van der Waals surface area contributed by atoms with Crippen molar-refractivity contribution in [1.29, 1.82) is 0 Å². The highest BCUT2D eigenvalue weighted by Crippen LogP contribution is 2.34. The first-order valence-electron chi connectivity index (χ1n) is 6.12. The summed E-state index contributed by atoms with van der Waals surface area (Å²) < 4.78 is 2.17. The third-order valence-corrected chi connectivity index (χ3v) is 4.01. The summed E-state index contributed by atoms with van der Waals surface area (Å²) in [5, 5.41) is 7.55. The second-order valence-corrected chi connectivity index (χ2v) is 6.11. The van der Waals surface area contributed by atoms with Gasteiger partial charge in [0.1, 0.15) is 5.69 Å². The number of amides is 1. The quantitative estimate of drug-likeness (QED) is 0.833. The molecule has 5 nitrogen and oxygen atoms in total. The largest absolute Gasteiger partial charge is 0.395 e. The van der Waals surface area contributed by atoms with Crippen LogP contribution >= 0.6 is 39.1 Å². The van der Waals surface area contributed by atoms with Crippen LogP contribution in [0.15, 0.2) is 16.6 Å². The molecule has 2 rings (SSSR count). The molecule has 0 atom stereocenters. The van der Waals surface area contributed by atoms with Crippen molar-refractivity contribution in [3.05, 3.63) is 38.0 Å². The smallest absolute Gasteiger partial charge is 0.276 e. The number of rotatable bonds is 3. The molecule has 1 heterocycles. The third-order valence-electron chi connectivity index (χ3n) is 2.96. The highest BCUT2D eigenvalue weighted by molar-refractivity contribution is 9.10. The highest BCUT2D eigenvalue weighted by atomic mass is 79.9. The number of hydrogen-bond acceptors (Lipinski definition) is 3. The Balaban J connectivity index is 2.37. The summed E-state index contributed by atoms with van der Waals surface area (Å²) in [6, 6.07) is 3.29. The molecule has 0 saturated carbocycles. The maximum absolute atomic E-state index is 12.4. The topological polar surface area (TPSA) is 72.9 Å². The predicted molar refractivity (Wildman–Crippen MR) is 89.1 cm³/mol. The minimum atomic E-state index is -0.409. The molecule has 0 saturated heterocycles. The Morgan fingerprint density at radius 2 is 2.00 bits per heavy atom. The molecule has 0 fully saturated rings. The molecule has 0 radical (unpaired) electrons. The van der Waals surface area contributed by atoms with E-state index in [-0.39, 0.29) is 5.69 Å². The normalized spacial score (nSPS) is 10.7. The predicted octanol–water partition coefficient (Wildman–Crippen LogP) is 3.89. The van der Waals surface area contributed by atoms with Crippen LogP contribution in [0.2, 0.25) is 10.0 Å². The summed E-state index contributed by atoms with van der Waals surface area (Å²) in [5.41, 5.74) is 7.61. The van der Waals surface area contributed by atoms with Gasteiger partial charge in [0.15, 0.2) is 0 Å². The van der Waals surface area contributed by atoms with Crippen LogP contribution in [0, 0.1) is 0 Å². The van der Waals surface area contributed by atoms with Gasteiger partial charge in [0, 0.05) is 11.5 Å². The van der Waals surface area contributed by atoms with Crippen molar-refractivity contribution in [3.8, 4) is 0 Å². The van der Waals surface area contributed by atoms with Crippen LogP contribution < -0.4 is 11.1 Å². The Hall–Kier alpha value is -1.24. The number of nitrogens with two attached hydrogens (primary N) is 1. The van der Waals surface area contributed by atoms with Gasteiger partial charge in [-0.2, -0.15) is 5.10 Å². The van der Waals surface area contributed by atoms with E-state index < -0.39 is 5.91 Å². The van der Waals surface area contributed by atoms with Crippen LogP contribution in [-0.2, 0) is 13.5 Å². The van der Waals surface area contributed by atoms with E-state index in [1.807, 2.05) is 6.92 Å². The lowest BCUT2D eigenvalue weighted by atomic mass is 10.2. The number of benzene rings is 1. The average Bonchev–Trinajstić information content (AvgIpc) is 2.68. The Kier molecular flexibility index (Phi) is 4.81. The monoisotopic (exact) mass is 390 g/mol. The van der Waals surface area contributed by atoms with Gasteiger partial charge < -0.3 is 11.1 Å². The third kappa shape index (κ3) is 3.17. The zero-order valence-corrected chi connectivity index (χ0v) is 14.5. The number of carbonyl (C=O) groups is 1. The molecule has 0 bridgehead atoms. The van der Waals surface area contributed by atoms with Crippen molar-refractivity contribution >= 4 is 56.4 Å². The number of nitrogen functional groups attached to an aromatic ring is 1. The van der Waals surface area contributed by atoms with Gasteiger partial charge >= 0.3 is 0 Å². The fraction of sp³-hybridized carbons (Fsp3) is 0.231. The molecule has 2 aromatic rings. The Bertz CT molecular complexity index is 691. The van der Waals surface area contributed by atoms with Gasteiger partial charge in [-0.3, -0.25) is 9.48 Å². The van der Waals surface area contributed by atoms with Crippen molar-refractivity contribution in [2.24, 2.45) is 7.05 Å². The van der Waals surface area contributed by atoms with Gasteiger partial charge in [0.25, 0.3) is 5.91 Å². The second kappa shape index (κ2) is 6.25. The summed E-state index contributed by atoms with van der Waals surface area (Å²) in [4.78, 5) is 12.4. The fourth-order valence-corrected chi connectivity index (χ4v) is 3.26. The van der Waals surface area contributed by atoms with Gasteiger partial charge in [0.2, 0.25) is 0 Å². The number of carbonyl (C=O) groups excluding carboxylic acids is 1. The minimum Gasteiger partial charge on any atom is -0.395 e. The molecular weight excluding hydrogens is 379 g/mol. The molecule has 8 heteroatoms. The van der Waals surface area contributed by atoms with Gasteiger partial charge in [-0.15, -0.1) is 0 Å². The van der Waals surface area contributed by atoms with Crippen molar-refractivity contribution < 1.29 is 4.79 Å². The lowest BCUT2D eigenvalue weighted by molar-refractivity contribution is 0.101. The lowest BCUT2D eigenvalue weighted by Gasteiger charge is -2.10. The number of anilines is 2. The summed E-state index contributed by atoms with van der Waals surface area (Å²) in [6.45, 7) is 1.92. The molecule has 0 unspecified atom stereocenters. The Morgan fingerprint density at radius 3 is 2.48 bits per heavy atom. The maximum Gasteiger partial charge on any atom is 0.276 e. The van der Waals surface area contributed by atoms with Crippen molar-refractivity contribution in [2.75, 3.05) is 11.1 Å².